The molecule has 1 aromatic rings. The van der Waals surface area contributed by atoms with Gasteiger partial charge in [0.15, 0.2) is 0 Å². The molecule has 2 heterocycles. The lowest BCUT2D eigenvalue weighted by Gasteiger charge is -2.40. The number of pyridine rings is 1. The SMILES string of the molecule is CC(C)(C)[C@H](NC(=O)NC1(Cc2ccccn2)CCCCC1)C(=O)N1C[C@@H]2C(C3CCCC3)[C@@H]2[C@H]1C(=O)NC(CC1CC1)C(=O)C(N)=O. The first-order valence-electron chi connectivity index (χ1n) is 18.3. The van der Waals surface area contributed by atoms with E-state index in [2.05, 4.69) is 20.9 Å². The number of primary amides is 1. The number of aromatic nitrogens is 1. The average molecular weight is 663 g/mol. The fourth-order valence-corrected chi connectivity index (χ4v) is 9.21. The lowest BCUT2D eigenvalue weighted by Crippen LogP contribution is -2.63. The van der Waals surface area contributed by atoms with Crippen molar-refractivity contribution in [3.05, 3.63) is 30.1 Å². The molecule has 4 saturated carbocycles. The highest BCUT2D eigenvalue weighted by Crippen LogP contribution is 2.61. The van der Waals surface area contributed by atoms with Gasteiger partial charge in [-0.1, -0.05) is 84.6 Å². The highest BCUT2D eigenvalue weighted by atomic mass is 16.2. The average Bonchev–Trinajstić information content (AvgIpc) is 3.87. The summed E-state index contributed by atoms with van der Waals surface area (Å²) in [6, 6.07) is 2.77. The van der Waals surface area contributed by atoms with Crippen molar-refractivity contribution < 1.29 is 24.0 Å². The summed E-state index contributed by atoms with van der Waals surface area (Å²) in [5, 5.41) is 9.20. The Morgan fingerprint density at radius 1 is 0.958 bits per heavy atom. The summed E-state index contributed by atoms with van der Waals surface area (Å²) in [6.07, 6.45) is 14.1. The van der Waals surface area contributed by atoms with Crippen LogP contribution in [0.2, 0.25) is 0 Å². The first-order chi connectivity index (χ1) is 22.9. The monoisotopic (exact) mass is 662 g/mol. The van der Waals surface area contributed by atoms with Crippen LogP contribution in [0, 0.1) is 35.0 Å². The van der Waals surface area contributed by atoms with Crippen molar-refractivity contribution in [2.45, 2.75) is 128 Å². The van der Waals surface area contributed by atoms with Gasteiger partial charge in [0.25, 0.3) is 5.91 Å². The third kappa shape index (κ3) is 7.54. The normalized spacial score (nSPS) is 27.8. The molecule has 1 aliphatic heterocycles. The number of ketones is 1. The molecular formula is C37H54N6O5. The lowest BCUT2D eigenvalue weighted by molar-refractivity contribution is -0.144. The molecule has 5 amide bonds. The number of urea groups is 1. The molecule has 6 atom stereocenters. The zero-order valence-corrected chi connectivity index (χ0v) is 28.8. The van der Waals surface area contributed by atoms with Crippen LogP contribution in [0.25, 0.3) is 0 Å². The Balaban J connectivity index is 1.21. The molecule has 262 valence electrons. The third-order valence-corrected chi connectivity index (χ3v) is 11.9. The minimum Gasteiger partial charge on any atom is -0.363 e. The first-order valence-corrected chi connectivity index (χ1v) is 18.3. The van der Waals surface area contributed by atoms with Gasteiger partial charge in [0.2, 0.25) is 17.6 Å². The van der Waals surface area contributed by atoms with Gasteiger partial charge in [-0.15, -0.1) is 0 Å². The van der Waals surface area contributed by atoms with E-state index in [1.54, 1.807) is 11.1 Å². The van der Waals surface area contributed by atoms with Crippen molar-refractivity contribution in [2.75, 3.05) is 6.54 Å². The summed E-state index contributed by atoms with van der Waals surface area (Å²) in [5.74, 6) is -1.16. The number of nitrogens with two attached hydrogens (primary N) is 1. The van der Waals surface area contributed by atoms with E-state index in [1.807, 2.05) is 39.0 Å². The smallest absolute Gasteiger partial charge is 0.315 e. The van der Waals surface area contributed by atoms with Crippen LogP contribution < -0.4 is 21.7 Å². The van der Waals surface area contributed by atoms with Crippen LogP contribution in [-0.4, -0.2) is 69.6 Å². The van der Waals surface area contributed by atoms with Gasteiger partial charge in [-0.2, -0.15) is 0 Å². The highest BCUT2D eigenvalue weighted by Gasteiger charge is 2.67. The van der Waals surface area contributed by atoms with Crippen LogP contribution in [0.3, 0.4) is 0 Å². The number of nitrogens with one attached hydrogen (secondary N) is 3. The quantitative estimate of drug-likeness (QED) is 0.250. The molecule has 5 N–H and O–H groups in total. The zero-order valence-electron chi connectivity index (χ0n) is 28.8. The summed E-state index contributed by atoms with van der Waals surface area (Å²) in [4.78, 5) is 73.4. The van der Waals surface area contributed by atoms with Crippen LogP contribution in [-0.2, 0) is 25.6 Å². The molecule has 6 rings (SSSR count). The van der Waals surface area contributed by atoms with E-state index in [0.717, 1.165) is 63.5 Å². The van der Waals surface area contributed by atoms with Gasteiger partial charge in [-0.3, -0.25) is 24.2 Å². The van der Waals surface area contributed by atoms with Crippen molar-refractivity contribution in [1.82, 2.24) is 25.8 Å². The van der Waals surface area contributed by atoms with E-state index < -0.39 is 52.7 Å². The third-order valence-electron chi connectivity index (χ3n) is 11.9. The minimum absolute atomic E-state index is 0.000584. The van der Waals surface area contributed by atoms with Gasteiger partial charge in [0.05, 0.1) is 6.04 Å². The van der Waals surface area contributed by atoms with Gasteiger partial charge in [-0.05, 0) is 66.4 Å². The Hall–Kier alpha value is -3.50. The molecule has 0 radical (unpaired) electrons. The highest BCUT2D eigenvalue weighted by molar-refractivity contribution is 6.37. The number of likely N-dealkylation sites (tertiary alicyclic amines) is 1. The van der Waals surface area contributed by atoms with E-state index >= 15 is 0 Å². The second kappa shape index (κ2) is 13.8. The Labute approximate surface area is 284 Å². The summed E-state index contributed by atoms with van der Waals surface area (Å²) < 4.78 is 0. The van der Waals surface area contributed by atoms with Crippen molar-refractivity contribution >= 4 is 29.5 Å². The second-order valence-corrected chi connectivity index (χ2v) is 16.5. The van der Waals surface area contributed by atoms with Gasteiger partial charge >= 0.3 is 6.03 Å². The van der Waals surface area contributed by atoms with Gasteiger partial charge < -0.3 is 26.6 Å². The number of nitrogens with zero attached hydrogens (tertiary/aromatic N) is 2. The van der Waals surface area contributed by atoms with Crippen LogP contribution in [0.5, 0.6) is 0 Å². The summed E-state index contributed by atoms with van der Waals surface area (Å²) in [6.45, 7) is 6.21. The number of Topliss-reactive ketones (excluding diaryl/α,β-unsaturated/α-hetero) is 1. The molecule has 4 aliphatic carbocycles. The molecule has 1 aromatic heterocycles. The second-order valence-electron chi connectivity index (χ2n) is 16.5. The topological polar surface area (TPSA) is 164 Å². The molecule has 0 bridgehead atoms. The van der Waals surface area contributed by atoms with Gasteiger partial charge in [0.1, 0.15) is 12.1 Å². The van der Waals surface area contributed by atoms with Crippen LogP contribution in [0.15, 0.2) is 24.4 Å². The molecule has 0 spiro atoms. The van der Waals surface area contributed by atoms with E-state index in [0.29, 0.717) is 31.2 Å². The van der Waals surface area contributed by atoms with Crippen molar-refractivity contribution in [2.24, 2.45) is 40.7 Å². The van der Waals surface area contributed by atoms with E-state index in [-0.39, 0.29) is 23.7 Å². The maximum atomic E-state index is 14.6. The number of hydrogen-bond acceptors (Lipinski definition) is 6. The number of fused-ring (bicyclic) bond motifs is 1. The van der Waals surface area contributed by atoms with Gasteiger partial charge in [-0.25, -0.2) is 4.79 Å². The molecule has 5 aliphatic rings. The van der Waals surface area contributed by atoms with Crippen molar-refractivity contribution in [3.63, 3.8) is 0 Å². The predicted octanol–water partition coefficient (Wildman–Crippen LogP) is 3.64. The fourth-order valence-electron chi connectivity index (χ4n) is 9.21. The Morgan fingerprint density at radius 2 is 1.67 bits per heavy atom. The molecule has 48 heavy (non-hydrogen) atoms. The molecule has 1 saturated heterocycles. The number of piperidine rings is 1. The maximum absolute atomic E-state index is 14.6. The lowest BCUT2D eigenvalue weighted by atomic mass is 9.78. The predicted molar refractivity (Wildman–Crippen MR) is 180 cm³/mol. The Morgan fingerprint density at radius 3 is 2.27 bits per heavy atom. The molecular weight excluding hydrogens is 608 g/mol. The number of amides is 5. The van der Waals surface area contributed by atoms with Crippen molar-refractivity contribution in [1.29, 1.82) is 0 Å². The van der Waals surface area contributed by atoms with Gasteiger partial charge in [0, 0.05) is 30.4 Å². The summed E-state index contributed by atoms with van der Waals surface area (Å²) in [7, 11) is 0. The summed E-state index contributed by atoms with van der Waals surface area (Å²) >= 11 is 0. The van der Waals surface area contributed by atoms with E-state index in [4.69, 9.17) is 5.73 Å². The number of rotatable bonds is 12. The van der Waals surface area contributed by atoms with Crippen molar-refractivity contribution in [3.8, 4) is 0 Å². The van der Waals surface area contributed by atoms with E-state index in [9.17, 15) is 24.0 Å². The number of carbonyl (C=O) groups is 5. The molecule has 11 nitrogen and oxygen atoms in total. The Kier molecular flexibility index (Phi) is 9.87. The standard InChI is InChI=1S/C37H54N6O5/c1-36(2,3)31(41-35(48)42-37(16-8-4-9-17-37)20-24-13-7-10-18-39-24)34(47)43-21-25-27(23-11-5-6-12-23)28(25)29(43)33(46)40-26(19-22-14-15-22)30(44)32(38)45/h7,10,13,18,22-23,25-29,31H,4-6,8-9,11-12,14-17,19-21H2,1-3H3,(H2,38,45)(H,40,46)(H2,41,42,48)/t25-,26?,27?,28-,29+,31-/m1/s1. The van der Waals surface area contributed by atoms with E-state index in [1.165, 1.54) is 12.8 Å². The summed E-state index contributed by atoms with van der Waals surface area (Å²) in [5.41, 5.74) is 5.19. The molecule has 2 unspecified atom stereocenters. The number of hydrogen-bond donors (Lipinski definition) is 4. The maximum Gasteiger partial charge on any atom is 0.315 e. The van der Waals surface area contributed by atoms with Crippen LogP contribution in [0.1, 0.15) is 104 Å². The first kappa shape index (κ1) is 34.4. The minimum atomic E-state index is -1.06. The molecule has 11 heteroatoms. The van der Waals surface area contributed by atoms with Crippen LogP contribution >= 0.6 is 0 Å². The number of carbonyl (C=O) groups excluding carboxylic acids is 5. The fraction of sp³-hybridized carbons (Fsp3) is 0.730. The molecule has 5 fully saturated rings. The largest absolute Gasteiger partial charge is 0.363 e. The Bertz CT molecular complexity index is 1380. The van der Waals surface area contributed by atoms with Crippen LogP contribution in [0.4, 0.5) is 4.79 Å². The molecule has 0 aromatic carbocycles. The zero-order chi connectivity index (χ0) is 34.2.